The van der Waals surface area contributed by atoms with E-state index in [0.29, 0.717) is 5.25 Å². The van der Waals surface area contributed by atoms with Gasteiger partial charge in [0.2, 0.25) is 5.91 Å². The Bertz CT molecular complexity index is 689. The Morgan fingerprint density at radius 2 is 1.89 bits per heavy atom. The number of nitrogens with zero attached hydrogens (tertiary/aromatic N) is 2. The lowest BCUT2D eigenvalue weighted by molar-refractivity contribution is -0.121. The minimum Gasteiger partial charge on any atom is -0.381 e. The molecule has 1 aliphatic carbocycles. The molecule has 0 aromatic rings. The number of hydrogen-bond acceptors (Lipinski definition) is 6. The predicted molar refractivity (Wildman–Crippen MR) is 113 cm³/mol. The van der Waals surface area contributed by atoms with Gasteiger partial charge in [-0.15, -0.1) is 0 Å². The van der Waals surface area contributed by atoms with Crippen LogP contribution in [0, 0.1) is 11.8 Å². The van der Waals surface area contributed by atoms with Crippen molar-refractivity contribution in [3.63, 3.8) is 0 Å². The summed E-state index contributed by atoms with van der Waals surface area (Å²) in [5.74, 6) is 1.95. The number of fused-ring (bicyclic) bond motifs is 1. The number of nitrogens with one attached hydrogen (secondary N) is 1. The van der Waals surface area contributed by atoms with E-state index in [1.807, 2.05) is 30.0 Å². The molecule has 1 atom stereocenters. The number of ether oxygens (including phenoxy) is 2. The van der Waals surface area contributed by atoms with E-state index in [4.69, 9.17) is 19.5 Å². The Labute approximate surface area is 170 Å². The lowest BCUT2D eigenvalue weighted by Crippen LogP contribution is -2.42. The van der Waals surface area contributed by atoms with Crippen LogP contribution in [0.2, 0.25) is 0 Å². The molecule has 4 rings (SSSR count). The number of allylic oxidation sites excluding steroid dienone is 2. The smallest absolute Gasteiger partial charge is 0.238 e. The third-order valence-electron chi connectivity index (χ3n) is 5.68. The molecule has 3 heterocycles. The molecule has 3 aliphatic heterocycles. The Morgan fingerprint density at radius 1 is 1.14 bits per heavy atom. The summed E-state index contributed by atoms with van der Waals surface area (Å²) in [4.78, 5) is 21.9. The Balaban J connectivity index is 1.34. The summed E-state index contributed by atoms with van der Waals surface area (Å²) in [6.07, 6.45) is 11.4. The quantitative estimate of drug-likeness (QED) is 0.740. The zero-order valence-corrected chi connectivity index (χ0v) is 17.1. The molecule has 0 aromatic carbocycles. The molecule has 1 unspecified atom stereocenters. The van der Waals surface area contributed by atoms with Crippen molar-refractivity contribution in [3.05, 3.63) is 23.9 Å². The van der Waals surface area contributed by atoms with Crippen LogP contribution in [-0.2, 0) is 14.3 Å². The fourth-order valence-electron chi connectivity index (χ4n) is 3.93. The highest BCUT2D eigenvalue weighted by atomic mass is 32.2. The number of aliphatic imine (C=N–C) groups is 2. The van der Waals surface area contributed by atoms with Gasteiger partial charge >= 0.3 is 0 Å². The Kier molecular flexibility index (Phi) is 6.99. The molecule has 4 aliphatic rings. The Hall–Kier alpha value is -1.44. The lowest BCUT2D eigenvalue weighted by atomic mass is 9.95. The minimum absolute atomic E-state index is 0.0151. The second-order valence-electron chi connectivity index (χ2n) is 7.73. The van der Waals surface area contributed by atoms with Crippen LogP contribution in [0.4, 0.5) is 0 Å². The van der Waals surface area contributed by atoms with Crippen molar-refractivity contribution in [2.45, 2.75) is 37.4 Å². The molecule has 1 N–H and O–H groups in total. The van der Waals surface area contributed by atoms with Gasteiger partial charge in [-0.25, -0.2) is 4.99 Å². The molecule has 0 bridgehead atoms. The number of thioether (sulfide) groups is 1. The van der Waals surface area contributed by atoms with Crippen LogP contribution in [0.3, 0.4) is 0 Å². The molecule has 1 amide bonds. The first kappa shape index (κ1) is 19.9. The maximum atomic E-state index is 12.5. The number of carbonyl (C=O) groups is 1. The molecular weight excluding hydrogens is 374 g/mol. The summed E-state index contributed by atoms with van der Waals surface area (Å²) in [7, 11) is 0. The van der Waals surface area contributed by atoms with E-state index >= 15 is 0 Å². The van der Waals surface area contributed by atoms with Crippen LogP contribution in [0.25, 0.3) is 0 Å². The largest absolute Gasteiger partial charge is 0.381 e. The van der Waals surface area contributed by atoms with Gasteiger partial charge in [-0.05, 0) is 50.2 Å². The molecule has 28 heavy (non-hydrogen) atoms. The highest BCUT2D eigenvalue weighted by molar-refractivity contribution is 8.00. The van der Waals surface area contributed by atoms with Crippen LogP contribution in [0.5, 0.6) is 0 Å². The first-order valence-electron chi connectivity index (χ1n) is 10.4. The van der Waals surface area contributed by atoms with E-state index in [-0.39, 0.29) is 11.8 Å². The number of hydrogen-bond donors (Lipinski definition) is 1. The van der Waals surface area contributed by atoms with Crippen molar-refractivity contribution in [1.82, 2.24) is 5.32 Å². The number of rotatable bonds is 6. The van der Waals surface area contributed by atoms with Crippen LogP contribution in [0.15, 0.2) is 33.9 Å². The van der Waals surface area contributed by atoms with Gasteiger partial charge in [-0.3, -0.25) is 9.79 Å². The topological polar surface area (TPSA) is 72.3 Å². The van der Waals surface area contributed by atoms with E-state index in [1.165, 1.54) is 0 Å². The first-order chi connectivity index (χ1) is 13.8. The minimum atomic E-state index is -0.286. The van der Waals surface area contributed by atoms with Crippen LogP contribution in [0.1, 0.15) is 32.1 Å². The predicted octanol–water partition coefficient (Wildman–Crippen LogP) is 2.75. The highest BCUT2D eigenvalue weighted by Gasteiger charge is 2.29. The fourth-order valence-corrected chi connectivity index (χ4v) is 4.98. The van der Waals surface area contributed by atoms with Gasteiger partial charge in [0.15, 0.2) is 0 Å². The molecule has 0 aromatic heterocycles. The number of amidine groups is 1. The van der Waals surface area contributed by atoms with Crippen molar-refractivity contribution >= 4 is 29.2 Å². The van der Waals surface area contributed by atoms with Crippen LogP contribution in [-0.4, -0.2) is 61.4 Å². The number of amides is 1. The first-order valence-corrected chi connectivity index (χ1v) is 11.4. The fraction of sp³-hybridized carbons (Fsp3) is 0.667. The Morgan fingerprint density at radius 3 is 2.68 bits per heavy atom. The standard InChI is InChI=1S/C21H29N3O3S/c25-21-18-2-1-16(22-8-3-15-4-9-26-10-5-15)13-19(18)23-20(24-21)14-28-17-6-11-27-12-7-17/h1-2,13,15,17-18H,3-12,14H2,(H,23,24,25). The van der Waals surface area contributed by atoms with E-state index in [9.17, 15) is 4.79 Å². The van der Waals surface area contributed by atoms with Gasteiger partial charge in [0.25, 0.3) is 0 Å². The highest BCUT2D eigenvalue weighted by Crippen LogP contribution is 2.26. The molecule has 6 nitrogen and oxygen atoms in total. The second-order valence-corrected chi connectivity index (χ2v) is 9.02. The molecule has 2 fully saturated rings. The van der Waals surface area contributed by atoms with Crippen molar-refractivity contribution in [3.8, 4) is 0 Å². The van der Waals surface area contributed by atoms with Crippen molar-refractivity contribution in [1.29, 1.82) is 0 Å². The second kappa shape index (κ2) is 9.85. The van der Waals surface area contributed by atoms with E-state index in [2.05, 4.69) is 5.32 Å². The lowest BCUT2D eigenvalue weighted by Gasteiger charge is -2.26. The molecule has 7 heteroatoms. The summed E-state index contributed by atoms with van der Waals surface area (Å²) >= 11 is 1.86. The normalized spacial score (nSPS) is 27.9. The summed E-state index contributed by atoms with van der Waals surface area (Å²) in [6, 6.07) is 0. The molecule has 0 spiro atoms. The SMILES string of the molecule is O=C1NC(CSC2CCOCC2)=NC2=CC(=NCCC3CCOCC3)C=CC12. The van der Waals surface area contributed by atoms with E-state index < -0.39 is 0 Å². The van der Waals surface area contributed by atoms with Crippen LogP contribution < -0.4 is 5.32 Å². The summed E-state index contributed by atoms with van der Waals surface area (Å²) in [6.45, 7) is 4.25. The monoisotopic (exact) mass is 403 g/mol. The van der Waals surface area contributed by atoms with Crippen molar-refractivity contribution < 1.29 is 14.3 Å². The van der Waals surface area contributed by atoms with Crippen molar-refractivity contribution in [2.24, 2.45) is 21.8 Å². The molecular formula is C21H29N3O3S. The maximum Gasteiger partial charge on any atom is 0.238 e. The van der Waals surface area contributed by atoms with Gasteiger partial charge < -0.3 is 14.8 Å². The van der Waals surface area contributed by atoms with Gasteiger partial charge in [0.1, 0.15) is 5.84 Å². The van der Waals surface area contributed by atoms with Gasteiger partial charge in [-0.2, -0.15) is 11.8 Å². The molecule has 152 valence electrons. The summed E-state index contributed by atoms with van der Waals surface area (Å²) in [5.41, 5.74) is 1.74. The summed E-state index contributed by atoms with van der Waals surface area (Å²) in [5, 5.41) is 3.56. The van der Waals surface area contributed by atoms with Gasteiger partial charge in [0.05, 0.1) is 23.1 Å². The van der Waals surface area contributed by atoms with Gasteiger partial charge in [0, 0.05) is 38.2 Å². The zero-order chi connectivity index (χ0) is 19.2. The number of carbonyl (C=O) groups excluding carboxylic acids is 1. The maximum absolute atomic E-state index is 12.5. The average molecular weight is 404 g/mol. The van der Waals surface area contributed by atoms with E-state index in [1.54, 1.807) is 0 Å². The summed E-state index contributed by atoms with van der Waals surface area (Å²) < 4.78 is 10.8. The molecule has 0 radical (unpaired) electrons. The third kappa shape index (κ3) is 5.33. The average Bonchev–Trinajstić information content (AvgIpc) is 2.74. The van der Waals surface area contributed by atoms with Gasteiger partial charge in [-0.1, -0.05) is 6.08 Å². The van der Waals surface area contributed by atoms with E-state index in [0.717, 1.165) is 94.0 Å². The third-order valence-corrected chi connectivity index (χ3v) is 7.07. The molecule has 2 saturated heterocycles. The zero-order valence-electron chi connectivity index (χ0n) is 16.3. The van der Waals surface area contributed by atoms with Crippen molar-refractivity contribution in [2.75, 3.05) is 38.7 Å². The van der Waals surface area contributed by atoms with Crippen LogP contribution >= 0.6 is 11.8 Å². The molecule has 0 saturated carbocycles.